The van der Waals surface area contributed by atoms with E-state index in [-0.39, 0.29) is 11.6 Å². The zero-order valence-electron chi connectivity index (χ0n) is 14.6. The third-order valence-electron chi connectivity index (χ3n) is 5.46. The van der Waals surface area contributed by atoms with Crippen LogP contribution in [-0.4, -0.2) is 16.1 Å². The highest BCUT2D eigenvalue weighted by Crippen LogP contribution is 2.57. The van der Waals surface area contributed by atoms with E-state index < -0.39 is 0 Å². The molecule has 4 nitrogen and oxygen atoms in total. The molecule has 0 radical (unpaired) electrons. The topological polar surface area (TPSA) is 32.3 Å². The number of para-hydroxylation sites is 1. The van der Waals surface area contributed by atoms with Gasteiger partial charge < -0.3 is 9.80 Å². The molecule has 0 fully saturated rings. The van der Waals surface area contributed by atoms with Crippen molar-refractivity contribution in [1.82, 2.24) is 9.97 Å². The first kappa shape index (κ1) is 14.5. The van der Waals surface area contributed by atoms with Gasteiger partial charge in [-0.05, 0) is 42.3 Å². The van der Waals surface area contributed by atoms with Crippen molar-refractivity contribution in [2.24, 2.45) is 0 Å². The Morgan fingerprint density at radius 1 is 0.800 bits per heavy atom. The van der Waals surface area contributed by atoms with Gasteiger partial charge in [0.05, 0.1) is 5.69 Å². The van der Waals surface area contributed by atoms with Gasteiger partial charge in [-0.1, -0.05) is 38.1 Å². The van der Waals surface area contributed by atoms with Gasteiger partial charge in [-0.25, -0.2) is 9.97 Å². The molecule has 0 saturated carbocycles. The predicted molar refractivity (Wildman–Crippen MR) is 101 cm³/mol. The molecule has 0 aliphatic carbocycles. The lowest BCUT2D eigenvalue weighted by Crippen LogP contribution is -2.46. The Kier molecular flexibility index (Phi) is 2.79. The van der Waals surface area contributed by atoms with E-state index in [0.717, 1.165) is 17.3 Å². The molecule has 1 aromatic carbocycles. The monoisotopic (exact) mass is 328 g/mol. The van der Waals surface area contributed by atoms with Crippen LogP contribution in [-0.2, 0) is 5.41 Å². The first-order chi connectivity index (χ1) is 12.1. The van der Waals surface area contributed by atoms with Crippen LogP contribution >= 0.6 is 0 Å². The van der Waals surface area contributed by atoms with Crippen molar-refractivity contribution in [3.8, 4) is 0 Å². The van der Waals surface area contributed by atoms with Crippen LogP contribution in [0.4, 0.5) is 23.0 Å². The van der Waals surface area contributed by atoms with Crippen molar-refractivity contribution >= 4 is 23.0 Å². The van der Waals surface area contributed by atoms with Gasteiger partial charge in [0.25, 0.3) is 0 Å². The molecule has 2 aromatic heterocycles. The van der Waals surface area contributed by atoms with Crippen LogP contribution in [0.3, 0.4) is 0 Å². The summed E-state index contributed by atoms with van der Waals surface area (Å²) in [7, 11) is 0. The van der Waals surface area contributed by atoms with E-state index in [1.54, 1.807) is 0 Å². The molecule has 1 unspecified atom stereocenters. The normalized spacial score (nSPS) is 19.6. The molecule has 3 aromatic rings. The summed E-state index contributed by atoms with van der Waals surface area (Å²) in [6, 6.07) is 16.9. The van der Waals surface area contributed by atoms with Crippen molar-refractivity contribution < 1.29 is 0 Å². The number of aromatic nitrogens is 2. The summed E-state index contributed by atoms with van der Waals surface area (Å²) in [6.45, 7) is 6.75. The van der Waals surface area contributed by atoms with Crippen molar-refractivity contribution in [1.29, 1.82) is 0 Å². The minimum atomic E-state index is -0.0543. The summed E-state index contributed by atoms with van der Waals surface area (Å²) in [4.78, 5) is 14.2. The van der Waals surface area contributed by atoms with Gasteiger partial charge in [0.15, 0.2) is 5.82 Å². The number of pyridine rings is 2. The molecule has 0 saturated heterocycles. The smallest absolute Gasteiger partial charge is 0.158 e. The van der Waals surface area contributed by atoms with Gasteiger partial charge in [-0.3, -0.25) is 0 Å². The number of benzene rings is 1. The second-order valence-corrected chi connectivity index (χ2v) is 7.34. The molecule has 4 heterocycles. The van der Waals surface area contributed by atoms with Gasteiger partial charge >= 0.3 is 0 Å². The molecule has 0 bridgehead atoms. The summed E-state index contributed by atoms with van der Waals surface area (Å²) in [5.74, 6) is 2.01. The third kappa shape index (κ3) is 1.77. The van der Waals surface area contributed by atoms with Crippen LogP contribution in [0.1, 0.15) is 25.0 Å². The van der Waals surface area contributed by atoms with E-state index in [0.29, 0.717) is 0 Å². The lowest BCUT2D eigenvalue weighted by Gasteiger charge is -2.36. The minimum Gasteiger partial charge on any atom is -0.302 e. The summed E-state index contributed by atoms with van der Waals surface area (Å²) < 4.78 is 0. The second kappa shape index (κ2) is 4.82. The molecule has 5 rings (SSSR count). The molecule has 0 spiro atoms. The average Bonchev–Trinajstić information content (AvgIpc) is 3.08. The standard InChI is InChI=1S/C21H20N4/c1-14-8-6-12-22-18(14)25-17-11-7-13-23-19(17)24-16-10-5-4-9-15(16)21(2,3)20(24)25/h4-13,20H,1-3H3. The van der Waals surface area contributed by atoms with E-state index in [1.807, 2.05) is 24.5 Å². The molecule has 124 valence electrons. The number of nitrogens with zero attached hydrogens (tertiary/aromatic N) is 4. The number of hydrogen-bond donors (Lipinski definition) is 0. The summed E-state index contributed by atoms with van der Waals surface area (Å²) in [6.07, 6.45) is 3.87. The molecule has 4 heteroatoms. The van der Waals surface area contributed by atoms with Crippen LogP contribution < -0.4 is 9.80 Å². The Labute approximate surface area is 147 Å². The Bertz CT molecular complexity index is 979. The quantitative estimate of drug-likeness (QED) is 0.648. The molecule has 1 atom stereocenters. The fraction of sp³-hybridized carbons (Fsp3) is 0.238. The zero-order valence-corrected chi connectivity index (χ0v) is 14.6. The Morgan fingerprint density at radius 3 is 2.24 bits per heavy atom. The fourth-order valence-corrected chi connectivity index (χ4v) is 4.34. The third-order valence-corrected chi connectivity index (χ3v) is 5.46. The van der Waals surface area contributed by atoms with E-state index in [2.05, 4.69) is 67.0 Å². The van der Waals surface area contributed by atoms with Gasteiger partial charge in [0.1, 0.15) is 12.0 Å². The number of fused-ring (bicyclic) bond motifs is 5. The van der Waals surface area contributed by atoms with Crippen molar-refractivity contribution in [2.45, 2.75) is 32.4 Å². The molecule has 2 aliphatic rings. The number of rotatable bonds is 1. The van der Waals surface area contributed by atoms with Crippen molar-refractivity contribution in [2.75, 3.05) is 9.80 Å². The maximum atomic E-state index is 4.73. The van der Waals surface area contributed by atoms with Crippen molar-refractivity contribution in [3.05, 3.63) is 72.1 Å². The molecule has 0 N–H and O–H groups in total. The Morgan fingerprint density at radius 2 is 1.44 bits per heavy atom. The Balaban J connectivity index is 1.81. The first-order valence-electron chi connectivity index (χ1n) is 8.65. The van der Waals surface area contributed by atoms with E-state index >= 15 is 0 Å². The molecule has 2 aliphatic heterocycles. The molecule has 0 amide bonds. The van der Waals surface area contributed by atoms with Gasteiger partial charge in [-0.2, -0.15) is 0 Å². The maximum Gasteiger partial charge on any atom is 0.158 e. The number of aryl methyl sites for hydroxylation is 1. The molecular formula is C21H20N4. The lowest BCUT2D eigenvalue weighted by atomic mass is 9.83. The van der Waals surface area contributed by atoms with Crippen molar-refractivity contribution in [3.63, 3.8) is 0 Å². The molecule has 25 heavy (non-hydrogen) atoms. The van der Waals surface area contributed by atoms with Gasteiger partial charge in [-0.15, -0.1) is 0 Å². The van der Waals surface area contributed by atoms with Gasteiger partial charge in [0, 0.05) is 23.5 Å². The van der Waals surface area contributed by atoms with Crippen LogP contribution in [0.15, 0.2) is 60.9 Å². The predicted octanol–water partition coefficient (Wildman–Crippen LogP) is 4.69. The Hall–Kier alpha value is -2.88. The minimum absolute atomic E-state index is 0.0543. The van der Waals surface area contributed by atoms with E-state index in [9.17, 15) is 0 Å². The number of hydrogen-bond acceptors (Lipinski definition) is 4. The van der Waals surface area contributed by atoms with Crippen LogP contribution in [0.5, 0.6) is 0 Å². The SMILES string of the molecule is Cc1cccnc1N1c2cccnc2N2c3ccccc3C(C)(C)C12. The highest BCUT2D eigenvalue weighted by atomic mass is 15.5. The maximum absolute atomic E-state index is 4.73. The largest absolute Gasteiger partial charge is 0.302 e. The summed E-state index contributed by atoms with van der Waals surface area (Å²) >= 11 is 0. The molecular weight excluding hydrogens is 308 g/mol. The zero-order chi connectivity index (χ0) is 17.2. The highest BCUT2D eigenvalue weighted by Gasteiger charge is 2.54. The summed E-state index contributed by atoms with van der Waals surface area (Å²) in [5.41, 5.74) is 4.84. The fourth-order valence-electron chi connectivity index (χ4n) is 4.34. The lowest BCUT2D eigenvalue weighted by molar-refractivity contribution is 0.448. The van der Waals surface area contributed by atoms with E-state index in [4.69, 9.17) is 9.97 Å². The highest BCUT2D eigenvalue weighted by molar-refractivity contribution is 5.90. The van der Waals surface area contributed by atoms with Crippen LogP contribution in [0.25, 0.3) is 0 Å². The second-order valence-electron chi connectivity index (χ2n) is 7.34. The van der Waals surface area contributed by atoms with Crippen LogP contribution in [0.2, 0.25) is 0 Å². The number of anilines is 4. The first-order valence-corrected chi connectivity index (χ1v) is 8.65. The average molecular weight is 328 g/mol. The summed E-state index contributed by atoms with van der Waals surface area (Å²) in [5, 5.41) is 0. The van der Waals surface area contributed by atoms with Gasteiger partial charge in [0.2, 0.25) is 0 Å². The van der Waals surface area contributed by atoms with Crippen LogP contribution in [0, 0.1) is 6.92 Å². The van der Waals surface area contributed by atoms with E-state index in [1.165, 1.54) is 16.8 Å².